The Kier molecular flexibility index (Phi) is 4.42. The lowest BCUT2D eigenvalue weighted by atomic mass is 10.00. The highest BCUT2D eigenvalue weighted by molar-refractivity contribution is 7.88. The fourth-order valence-corrected chi connectivity index (χ4v) is 3.12. The zero-order valence-corrected chi connectivity index (χ0v) is 14.2. The molecule has 0 fully saturated rings. The summed E-state index contributed by atoms with van der Waals surface area (Å²) in [6, 6.07) is 16.4. The highest BCUT2D eigenvalue weighted by Gasteiger charge is 2.48. The van der Waals surface area contributed by atoms with E-state index >= 15 is 0 Å². The van der Waals surface area contributed by atoms with Crippen LogP contribution in [0.15, 0.2) is 65.6 Å². The molecule has 0 heterocycles. The van der Waals surface area contributed by atoms with Gasteiger partial charge in [0, 0.05) is 10.5 Å². The molecule has 25 heavy (non-hydrogen) atoms. The van der Waals surface area contributed by atoms with Crippen molar-refractivity contribution >= 4 is 33.5 Å². The van der Waals surface area contributed by atoms with Gasteiger partial charge >= 0.3 is 15.6 Å². The first-order chi connectivity index (χ1) is 11.7. The summed E-state index contributed by atoms with van der Waals surface area (Å²) in [4.78, 5) is 0.492. The maximum atomic E-state index is 12.7. The smallest absolute Gasteiger partial charge is 0.375 e. The molecule has 3 aromatic rings. The minimum Gasteiger partial charge on any atom is -0.375 e. The van der Waals surface area contributed by atoms with Gasteiger partial charge in [0.1, 0.15) is 0 Å². The molecule has 8 heteroatoms. The van der Waals surface area contributed by atoms with Crippen molar-refractivity contribution in [2.24, 2.45) is 0 Å². The summed E-state index contributed by atoms with van der Waals surface area (Å²) in [6.07, 6.45) is 0. The van der Waals surface area contributed by atoms with Gasteiger partial charge in [-0.3, -0.25) is 0 Å². The van der Waals surface area contributed by atoms with Crippen molar-refractivity contribution < 1.29 is 25.8 Å². The number of benzene rings is 3. The molecule has 0 aromatic heterocycles. The monoisotopic (exact) mass is 384 g/mol. The molecule has 0 saturated heterocycles. The molecule has 0 unspecified atom stereocenters. The molecular weight excluding hydrogens is 373 g/mol. The van der Waals surface area contributed by atoms with Gasteiger partial charge in [-0.15, -0.1) is 12.6 Å². The topological polar surface area (TPSA) is 43.4 Å². The van der Waals surface area contributed by atoms with E-state index in [1.165, 1.54) is 6.07 Å². The van der Waals surface area contributed by atoms with Crippen LogP contribution in [0.4, 0.5) is 13.2 Å². The maximum Gasteiger partial charge on any atom is 0.534 e. The normalized spacial score (nSPS) is 12.3. The summed E-state index contributed by atoms with van der Waals surface area (Å²) in [6.45, 7) is 0. The second kappa shape index (κ2) is 6.27. The van der Waals surface area contributed by atoms with Gasteiger partial charge in [0.2, 0.25) is 0 Å². The fraction of sp³-hybridized carbons (Fsp3) is 0.0588. The van der Waals surface area contributed by atoms with E-state index in [4.69, 9.17) is 0 Å². The van der Waals surface area contributed by atoms with Gasteiger partial charge in [-0.1, -0.05) is 42.5 Å². The van der Waals surface area contributed by atoms with Crippen LogP contribution in [0.25, 0.3) is 21.9 Å². The van der Waals surface area contributed by atoms with E-state index in [2.05, 4.69) is 16.8 Å². The Morgan fingerprint density at radius 1 is 0.920 bits per heavy atom. The molecule has 0 atom stereocenters. The molecule has 0 spiro atoms. The Morgan fingerprint density at radius 2 is 1.60 bits per heavy atom. The highest BCUT2D eigenvalue weighted by atomic mass is 32.2. The van der Waals surface area contributed by atoms with E-state index in [1.54, 1.807) is 54.6 Å². The molecule has 0 radical (unpaired) electrons. The van der Waals surface area contributed by atoms with Crippen molar-refractivity contribution in [3.8, 4) is 16.9 Å². The van der Waals surface area contributed by atoms with Crippen LogP contribution in [0.1, 0.15) is 0 Å². The molecule has 0 amide bonds. The molecule has 130 valence electrons. The summed E-state index contributed by atoms with van der Waals surface area (Å²) in [5, 5.41) is 1.18. The Bertz CT molecular complexity index is 1030. The van der Waals surface area contributed by atoms with Gasteiger partial charge in [0.25, 0.3) is 0 Å². The number of halogens is 3. The van der Waals surface area contributed by atoms with Crippen LogP contribution >= 0.6 is 12.6 Å². The minimum atomic E-state index is -5.79. The highest BCUT2D eigenvalue weighted by Crippen LogP contribution is 2.38. The molecule has 0 bridgehead atoms. The van der Waals surface area contributed by atoms with E-state index in [0.29, 0.717) is 21.2 Å². The summed E-state index contributed by atoms with van der Waals surface area (Å²) in [7, 11) is -5.79. The summed E-state index contributed by atoms with van der Waals surface area (Å²) in [5.74, 6) is -0.405. The van der Waals surface area contributed by atoms with Crippen LogP contribution in [-0.2, 0) is 10.1 Å². The van der Waals surface area contributed by atoms with Gasteiger partial charge in [-0.25, -0.2) is 0 Å². The molecule has 0 N–H and O–H groups in total. The lowest BCUT2D eigenvalue weighted by Gasteiger charge is -2.15. The Morgan fingerprint density at radius 3 is 2.24 bits per heavy atom. The average molecular weight is 384 g/mol. The Hall–Kier alpha value is -2.19. The van der Waals surface area contributed by atoms with Crippen molar-refractivity contribution in [2.75, 3.05) is 0 Å². The van der Waals surface area contributed by atoms with Gasteiger partial charge in [-0.2, -0.15) is 21.6 Å². The quantitative estimate of drug-likeness (QED) is 0.392. The first-order valence-electron chi connectivity index (χ1n) is 7.01. The van der Waals surface area contributed by atoms with Crippen molar-refractivity contribution in [3.05, 3.63) is 60.7 Å². The summed E-state index contributed by atoms with van der Waals surface area (Å²) in [5.41, 5.74) is -4.75. The maximum absolute atomic E-state index is 12.7. The number of alkyl halides is 3. The third-order valence-corrected chi connectivity index (χ3v) is 4.88. The summed E-state index contributed by atoms with van der Waals surface area (Å²) >= 11 is 4.26. The first-order valence-corrected chi connectivity index (χ1v) is 8.86. The average Bonchev–Trinajstić information content (AvgIpc) is 2.54. The predicted molar refractivity (Wildman–Crippen MR) is 92.2 cm³/mol. The Balaban J connectivity index is 2.26. The third-order valence-electron chi connectivity index (χ3n) is 3.53. The largest absolute Gasteiger partial charge is 0.534 e. The van der Waals surface area contributed by atoms with E-state index in [-0.39, 0.29) is 5.56 Å². The van der Waals surface area contributed by atoms with Gasteiger partial charge in [-0.05, 0) is 34.5 Å². The van der Waals surface area contributed by atoms with Crippen LogP contribution in [0.5, 0.6) is 5.75 Å². The van der Waals surface area contributed by atoms with Crippen molar-refractivity contribution in [3.63, 3.8) is 0 Å². The number of fused-ring (bicyclic) bond motifs is 1. The Labute approximate surface area is 147 Å². The molecule has 0 aliphatic carbocycles. The van der Waals surface area contributed by atoms with Crippen LogP contribution < -0.4 is 4.18 Å². The molecule has 3 nitrogen and oxygen atoms in total. The van der Waals surface area contributed by atoms with E-state index < -0.39 is 21.4 Å². The van der Waals surface area contributed by atoms with Crippen LogP contribution in [-0.4, -0.2) is 13.9 Å². The zero-order valence-electron chi connectivity index (χ0n) is 12.5. The minimum absolute atomic E-state index is 0.236. The number of thiol groups is 1. The SMILES string of the molecule is O=S(=O)(Oc1cc2c(S)cccc2cc1-c1ccccc1)C(F)(F)F. The predicted octanol–water partition coefficient (Wildman–Crippen LogP) is 5.02. The third kappa shape index (κ3) is 3.45. The number of rotatable bonds is 3. The van der Waals surface area contributed by atoms with Gasteiger partial charge in [0.15, 0.2) is 5.75 Å². The standard InChI is InChI=1S/C17H11F3O3S2/c18-17(19,20)25(21,22)23-15-10-14-12(7-4-8-16(14)24)9-13(15)11-5-2-1-3-6-11/h1-10,24H. The molecule has 3 aromatic carbocycles. The number of hydrogen-bond donors (Lipinski definition) is 1. The fourth-order valence-electron chi connectivity index (χ4n) is 2.37. The second-order valence-corrected chi connectivity index (χ2v) is 7.22. The van der Waals surface area contributed by atoms with Crippen LogP contribution in [0.3, 0.4) is 0 Å². The van der Waals surface area contributed by atoms with Crippen molar-refractivity contribution in [2.45, 2.75) is 10.4 Å². The van der Waals surface area contributed by atoms with Gasteiger partial charge in [0.05, 0.1) is 0 Å². The van der Waals surface area contributed by atoms with E-state index in [9.17, 15) is 21.6 Å². The summed E-state index contributed by atoms with van der Waals surface area (Å²) < 4.78 is 65.5. The van der Waals surface area contributed by atoms with Gasteiger partial charge < -0.3 is 4.18 Å². The molecule has 0 saturated carbocycles. The molecule has 3 rings (SSSR count). The second-order valence-electron chi connectivity index (χ2n) is 5.20. The zero-order chi connectivity index (χ0) is 18.2. The van der Waals surface area contributed by atoms with Crippen molar-refractivity contribution in [1.29, 1.82) is 0 Å². The van der Waals surface area contributed by atoms with E-state index in [1.807, 2.05) is 0 Å². The lowest BCUT2D eigenvalue weighted by Crippen LogP contribution is -2.28. The van der Waals surface area contributed by atoms with Crippen LogP contribution in [0.2, 0.25) is 0 Å². The molecule has 0 aliphatic heterocycles. The van der Waals surface area contributed by atoms with Crippen LogP contribution in [0, 0.1) is 0 Å². The molecule has 0 aliphatic rings. The lowest BCUT2D eigenvalue weighted by molar-refractivity contribution is -0.0499. The van der Waals surface area contributed by atoms with E-state index in [0.717, 1.165) is 0 Å². The first kappa shape index (κ1) is 17.6. The number of hydrogen-bond acceptors (Lipinski definition) is 4. The van der Waals surface area contributed by atoms with Crippen molar-refractivity contribution in [1.82, 2.24) is 0 Å². The molecular formula is C17H11F3O3S2.